The van der Waals surface area contributed by atoms with E-state index in [1.165, 1.54) is 32.4 Å². The summed E-state index contributed by atoms with van der Waals surface area (Å²) in [7, 11) is 0. The molecule has 1 aliphatic carbocycles. The summed E-state index contributed by atoms with van der Waals surface area (Å²) in [6.07, 6.45) is 4.28. The van der Waals surface area contributed by atoms with E-state index < -0.39 is 0 Å². The number of nitrogens with two attached hydrogens (primary N) is 1. The number of hydrogen-bond acceptors (Lipinski definition) is 2. The third-order valence-corrected chi connectivity index (χ3v) is 4.14. The number of hydrogen-bond donors (Lipinski definition) is 1. The fourth-order valence-electron chi connectivity index (χ4n) is 3.26. The Hall–Kier alpha value is -0.0800. The summed E-state index contributed by atoms with van der Waals surface area (Å²) in [4.78, 5) is 2.71. The van der Waals surface area contributed by atoms with Gasteiger partial charge in [-0.25, -0.2) is 0 Å². The first-order valence-electron chi connectivity index (χ1n) is 5.32. The molecule has 3 aliphatic rings. The summed E-state index contributed by atoms with van der Waals surface area (Å²) in [5.74, 6) is 3.01. The summed E-state index contributed by atoms with van der Waals surface area (Å²) in [5.41, 5.74) is 5.73. The van der Waals surface area contributed by atoms with Crippen molar-refractivity contribution in [3.05, 3.63) is 0 Å². The molecule has 0 aromatic rings. The van der Waals surface area contributed by atoms with Crippen LogP contribution in [0.15, 0.2) is 0 Å². The lowest BCUT2D eigenvalue weighted by atomic mass is 9.90. The Balaban J connectivity index is 1.70. The van der Waals surface area contributed by atoms with Crippen molar-refractivity contribution >= 4 is 0 Å². The maximum atomic E-state index is 5.73. The molecule has 2 N–H and O–H groups in total. The van der Waals surface area contributed by atoms with E-state index in [0.29, 0.717) is 0 Å². The molecule has 0 amide bonds. The number of fused-ring (bicyclic) bond motifs is 3. The highest BCUT2D eigenvalue weighted by Crippen LogP contribution is 2.52. The molecule has 68 valence electrons. The van der Waals surface area contributed by atoms with Gasteiger partial charge in [0, 0.05) is 12.6 Å². The fourth-order valence-corrected chi connectivity index (χ4v) is 3.26. The number of rotatable bonds is 1. The van der Waals surface area contributed by atoms with Crippen molar-refractivity contribution in [2.24, 2.45) is 23.5 Å². The molecular weight excluding hydrogens is 148 g/mol. The minimum atomic E-state index is 0.839. The topological polar surface area (TPSA) is 29.3 Å². The van der Waals surface area contributed by atoms with E-state index in [1.54, 1.807) is 0 Å². The molecule has 3 rings (SSSR count). The summed E-state index contributed by atoms with van der Waals surface area (Å²) < 4.78 is 0. The minimum absolute atomic E-state index is 0.839. The SMILES string of the molecule is NCC1CCN2C[C@H]3C[C@H]3C2C1. The van der Waals surface area contributed by atoms with Gasteiger partial charge in [-0.1, -0.05) is 0 Å². The van der Waals surface area contributed by atoms with Crippen LogP contribution in [0, 0.1) is 17.8 Å². The summed E-state index contributed by atoms with van der Waals surface area (Å²) >= 11 is 0. The van der Waals surface area contributed by atoms with Gasteiger partial charge in [-0.15, -0.1) is 0 Å². The van der Waals surface area contributed by atoms with E-state index in [-0.39, 0.29) is 0 Å². The average molecular weight is 166 g/mol. The van der Waals surface area contributed by atoms with E-state index in [0.717, 1.165) is 30.3 Å². The molecule has 0 spiro atoms. The van der Waals surface area contributed by atoms with Crippen molar-refractivity contribution in [3.63, 3.8) is 0 Å². The normalized spacial score (nSPS) is 51.8. The minimum Gasteiger partial charge on any atom is -0.330 e. The molecule has 2 aliphatic heterocycles. The van der Waals surface area contributed by atoms with Crippen molar-refractivity contribution < 1.29 is 0 Å². The smallest absolute Gasteiger partial charge is 0.0130 e. The molecule has 0 aromatic carbocycles. The Morgan fingerprint density at radius 1 is 1.33 bits per heavy atom. The van der Waals surface area contributed by atoms with Crippen LogP contribution in [0.4, 0.5) is 0 Å². The third-order valence-electron chi connectivity index (χ3n) is 4.14. The molecule has 0 radical (unpaired) electrons. The van der Waals surface area contributed by atoms with E-state index in [9.17, 15) is 0 Å². The van der Waals surface area contributed by atoms with Crippen LogP contribution < -0.4 is 5.73 Å². The van der Waals surface area contributed by atoms with Crippen LogP contribution >= 0.6 is 0 Å². The van der Waals surface area contributed by atoms with Gasteiger partial charge in [-0.3, -0.25) is 4.90 Å². The van der Waals surface area contributed by atoms with E-state index >= 15 is 0 Å². The van der Waals surface area contributed by atoms with Gasteiger partial charge in [0.25, 0.3) is 0 Å². The van der Waals surface area contributed by atoms with Crippen molar-refractivity contribution in [2.45, 2.75) is 25.3 Å². The summed E-state index contributed by atoms with van der Waals surface area (Å²) in [6.45, 7) is 3.66. The van der Waals surface area contributed by atoms with Crippen LogP contribution in [0.5, 0.6) is 0 Å². The molecule has 2 saturated heterocycles. The zero-order valence-electron chi connectivity index (χ0n) is 7.58. The highest BCUT2D eigenvalue weighted by atomic mass is 15.2. The van der Waals surface area contributed by atoms with Crippen LogP contribution in [-0.4, -0.2) is 30.6 Å². The van der Waals surface area contributed by atoms with Crippen LogP contribution in [0.2, 0.25) is 0 Å². The molecular formula is C10H18N2. The fraction of sp³-hybridized carbons (Fsp3) is 1.00. The molecule has 3 fully saturated rings. The van der Waals surface area contributed by atoms with Crippen molar-refractivity contribution in [2.75, 3.05) is 19.6 Å². The zero-order chi connectivity index (χ0) is 8.13. The van der Waals surface area contributed by atoms with Gasteiger partial charge in [0.1, 0.15) is 0 Å². The summed E-state index contributed by atoms with van der Waals surface area (Å²) in [6, 6.07) is 0.942. The highest BCUT2D eigenvalue weighted by molar-refractivity contribution is 5.06. The molecule has 0 bridgehead atoms. The number of nitrogens with zero attached hydrogens (tertiary/aromatic N) is 1. The third kappa shape index (κ3) is 0.944. The van der Waals surface area contributed by atoms with Crippen molar-refractivity contribution in [1.82, 2.24) is 4.90 Å². The van der Waals surface area contributed by atoms with Crippen LogP contribution in [0.3, 0.4) is 0 Å². The number of piperidine rings is 2. The molecule has 4 atom stereocenters. The van der Waals surface area contributed by atoms with E-state index in [4.69, 9.17) is 5.73 Å². The molecule has 0 aromatic heterocycles. The van der Waals surface area contributed by atoms with Gasteiger partial charge in [-0.05, 0) is 50.1 Å². The molecule has 12 heavy (non-hydrogen) atoms. The van der Waals surface area contributed by atoms with E-state index in [2.05, 4.69) is 4.90 Å². The predicted octanol–water partition coefficient (Wildman–Crippen LogP) is 0.675. The van der Waals surface area contributed by atoms with Gasteiger partial charge in [0.05, 0.1) is 0 Å². The van der Waals surface area contributed by atoms with Gasteiger partial charge in [0.15, 0.2) is 0 Å². The Morgan fingerprint density at radius 2 is 2.25 bits per heavy atom. The van der Waals surface area contributed by atoms with Crippen molar-refractivity contribution in [3.8, 4) is 0 Å². The quantitative estimate of drug-likeness (QED) is 0.620. The second kappa shape index (κ2) is 2.46. The lowest BCUT2D eigenvalue weighted by Crippen LogP contribution is -2.42. The Labute approximate surface area is 74.1 Å². The zero-order valence-corrected chi connectivity index (χ0v) is 7.58. The summed E-state index contributed by atoms with van der Waals surface area (Å²) in [5, 5.41) is 0. The first-order valence-corrected chi connectivity index (χ1v) is 5.32. The standard InChI is InChI=1S/C10H18N2/c11-5-7-1-2-12-6-8-4-9(8)10(12)3-7/h7-10H,1-6,11H2/t7?,8-,9-,10?/m1/s1. The first-order chi connectivity index (χ1) is 5.88. The van der Waals surface area contributed by atoms with Crippen molar-refractivity contribution in [1.29, 1.82) is 0 Å². The predicted molar refractivity (Wildman–Crippen MR) is 48.7 cm³/mol. The maximum Gasteiger partial charge on any atom is 0.0130 e. The van der Waals surface area contributed by atoms with Gasteiger partial charge < -0.3 is 5.73 Å². The molecule has 2 nitrogen and oxygen atoms in total. The maximum absolute atomic E-state index is 5.73. The second-order valence-corrected chi connectivity index (χ2v) is 4.85. The Bertz CT molecular complexity index is 192. The average Bonchev–Trinajstić information content (AvgIpc) is 2.79. The first kappa shape index (κ1) is 7.34. The van der Waals surface area contributed by atoms with Crippen LogP contribution in [0.25, 0.3) is 0 Å². The lowest BCUT2D eigenvalue weighted by molar-refractivity contribution is 0.132. The molecule has 1 saturated carbocycles. The van der Waals surface area contributed by atoms with Crippen LogP contribution in [0.1, 0.15) is 19.3 Å². The Morgan fingerprint density at radius 3 is 3.08 bits per heavy atom. The molecule has 2 heterocycles. The van der Waals surface area contributed by atoms with Gasteiger partial charge >= 0.3 is 0 Å². The highest BCUT2D eigenvalue weighted by Gasteiger charge is 2.53. The largest absolute Gasteiger partial charge is 0.330 e. The second-order valence-electron chi connectivity index (χ2n) is 4.85. The lowest BCUT2D eigenvalue weighted by Gasteiger charge is -2.36. The van der Waals surface area contributed by atoms with Gasteiger partial charge in [-0.2, -0.15) is 0 Å². The van der Waals surface area contributed by atoms with E-state index in [1.807, 2.05) is 0 Å². The monoisotopic (exact) mass is 166 g/mol. The molecule has 2 unspecified atom stereocenters. The molecule has 2 heteroatoms. The van der Waals surface area contributed by atoms with Gasteiger partial charge in [0.2, 0.25) is 0 Å². The Kier molecular flexibility index (Phi) is 1.50. The van der Waals surface area contributed by atoms with Crippen LogP contribution in [-0.2, 0) is 0 Å².